The van der Waals surface area contributed by atoms with Crippen LogP contribution in [-0.2, 0) is 4.57 Å². The number of Topliss-reactive ketones (excluding diaryl/α,β-unsaturated/α-hetero) is 1. The second-order valence-electron chi connectivity index (χ2n) is 4.05. The third-order valence-corrected chi connectivity index (χ3v) is 3.26. The standard InChI is InChI=1S/C15H13O3P/c1-11(15(16)12-7-3-2-4-8-12)18-13-9-5-6-10-14(13)19-17/h2-11H,1H3. The van der Waals surface area contributed by atoms with E-state index in [1.807, 2.05) is 18.2 Å². The normalized spacial score (nSPS) is 12.1. The topological polar surface area (TPSA) is 43.4 Å². The molecule has 0 aromatic heterocycles. The van der Waals surface area contributed by atoms with Crippen molar-refractivity contribution >= 4 is 19.5 Å². The quantitative estimate of drug-likeness (QED) is 0.620. The molecule has 0 fully saturated rings. The molecule has 0 N–H and O–H groups in total. The molecule has 0 spiro atoms. The highest BCUT2D eigenvalue weighted by Gasteiger charge is 2.17. The maximum absolute atomic E-state index is 12.1. The van der Waals surface area contributed by atoms with Crippen LogP contribution in [0.1, 0.15) is 17.3 Å². The average molecular weight is 272 g/mol. The van der Waals surface area contributed by atoms with Gasteiger partial charge in [-0.15, -0.1) is 0 Å². The fourth-order valence-electron chi connectivity index (χ4n) is 1.71. The summed E-state index contributed by atoms with van der Waals surface area (Å²) in [4.78, 5) is 12.1. The van der Waals surface area contributed by atoms with Gasteiger partial charge in [-0.2, -0.15) is 0 Å². The van der Waals surface area contributed by atoms with Crippen LogP contribution in [0.2, 0.25) is 0 Å². The first kappa shape index (κ1) is 13.4. The summed E-state index contributed by atoms with van der Waals surface area (Å²) < 4.78 is 16.6. The Hall–Kier alpha value is -1.99. The number of hydrogen-bond acceptors (Lipinski definition) is 3. The highest BCUT2D eigenvalue weighted by molar-refractivity contribution is 7.34. The molecule has 3 nitrogen and oxygen atoms in total. The first-order valence-corrected chi connectivity index (χ1v) is 6.72. The van der Waals surface area contributed by atoms with Crippen molar-refractivity contribution in [2.24, 2.45) is 0 Å². The average Bonchev–Trinajstić information content (AvgIpc) is 2.48. The summed E-state index contributed by atoms with van der Waals surface area (Å²) in [5.74, 6) is 0.369. The molecular weight excluding hydrogens is 259 g/mol. The number of carbonyl (C=O) groups excluding carboxylic acids is 1. The molecule has 2 aromatic rings. The van der Waals surface area contributed by atoms with E-state index in [0.717, 1.165) is 0 Å². The van der Waals surface area contributed by atoms with Crippen LogP contribution in [0.4, 0.5) is 0 Å². The van der Waals surface area contributed by atoms with Crippen LogP contribution in [-0.4, -0.2) is 11.9 Å². The van der Waals surface area contributed by atoms with Gasteiger partial charge in [0, 0.05) is 5.56 Å². The van der Waals surface area contributed by atoms with Crippen LogP contribution in [0.15, 0.2) is 54.6 Å². The van der Waals surface area contributed by atoms with Gasteiger partial charge in [0.25, 0.3) is 0 Å². The number of rotatable bonds is 5. The van der Waals surface area contributed by atoms with Gasteiger partial charge in [0.05, 0.1) is 5.30 Å². The van der Waals surface area contributed by atoms with Crippen molar-refractivity contribution in [1.82, 2.24) is 0 Å². The van der Waals surface area contributed by atoms with Crippen LogP contribution < -0.4 is 10.0 Å². The van der Waals surface area contributed by atoms with Crippen molar-refractivity contribution in [3.8, 4) is 5.75 Å². The maximum Gasteiger partial charge on any atom is 0.202 e. The van der Waals surface area contributed by atoms with Gasteiger partial charge < -0.3 is 4.74 Å². The van der Waals surface area contributed by atoms with E-state index in [1.165, 1.54) is 0 Å². The Balaban J connectivity index is 2.15. The predicted octanol–water partition coefficient (Wildman–Crippen LogP) is 3.25. The smallest absolute Gasteiger partial charge is 0.202 e. The molecule has 2 rings (SSSR count). The lowest BCUT2D eigenvalue weighted by Crippen LogP contribution is -2.25. The van der Waals surface area contributed by atoms with E-state index in [2.05, 4.69) is 0 Å². The summed E-state index contributed by atoms with van der Waals surface area (Å²) in [5, 5.41) is 0.537. The molecule has 2 aromatic carbocycles. The highest BCUT2D eigenvalue weighted by atomic mass is 31.1. The summed E-state index contributed by atoms with van der Waals surface area (Å²) in [7, 11) is -0.120. The van der Waals surface area contributed by atoms with Crippen molar-refractivity contribution in [3.63, 3.8) is 0 Å². The van der Waals surface area contributed by atoms with Gasteiger partial charge >= 0.3 is 0 Å². The molecule has 0 aliphatic rings. The lowest BCUT2D eigenvalue weighted by atomic mass is 10.1. The molecular formula is C15H13O3P. The van der Waals surface area contributed by atoms with E-state index in [-0.39, 0.29) is 14.2 Å². The van der Waals surface area contributed by atoms with Crippen LogP contribution in [0, 0.1) is 0 Å². The van der Waals surface area contributed by atoms with E-state index in [9.17, 15) is 9.36 Å². The predicted molar refractivity (Wildman–Crippen MR) is 74.5 cm³/mol. The number of carbonyl (C=O) groups is 1. The first-order valence-electron chi connectivity index (χ1n) is 5.90. The fraction of sp³-hybridized carbons (Fsp3) is 0.133. The van der Waals surface area contributed by atoms with Gasteiger partial charge in [-0.05, 0) is 19.1 Å². The lowest BCUT2D eigenvalue weighted by Gasteiger charge is -2.14. The van der Waals surface area contributed by atoms with Gasteiger partial charge in [-0.3, -0.25) is 9.36 Å². The summed E-state index contributed by atoms with van der Waals surface area (Å²) >= 11 is 0. The van der Waals surface area contributed by atoms with Crippen LogP contribution >= 0.6 is 8.46 Å². The number of benzene rings is 2. The number of hydrogen-bond donors (Lipinski definition) is 0. The van der Waals surface area contributed by atoms with Crippen LogP contribution in [0.5, 0.6) is 5.75 Å². The van der Waals surface area contributed by atoms with Crippen molar-refractivity contribution in [2.75, 3.05) is 0 Å². The van der Waals surface area contributed by atoms with Crippen LogP contribution in [0.25, 0.3) is 0 Å². The van der Waals surface area contributed by atoms with E-state index in [1.54, 1.807) is 43.3 Å². The minimum atomic E-state index is -0.620. The SMILES string of the molecule is CC(Oc1ccccc1P=O)C(=O)c1ccccc1. The van der Waals surface area contributed by atoms with Crippen molar-refractivity contribution < 1.29 is 14.1 Å². The molecule has 1 unspecified atom stereocenters. The maximum atomic E-state index is 12.1. The second-order valence-corrected chi connectivity index (χ2v) is 4.71. The molecule has 0 saturated carbocycles. The molecule has 96 valence electrons. The number of para-hydroxylation sites is 1. The number of ether oxygens (including phenoxy) is 1. The molecule has 0 bridgehead atoms. The molecule has 0 heterocycles. The minimum absolute atomic E-state index is 0.0991. The molecule has 0 amide bonds. The van der Waals surface area contributed by atoms with Crippen molar-refractivity contribution in [1.29, 1.82) is 0 Å². The molecule has 0 aliphatic heterocycles. The van der Waals surface area contributed by atoms with E-state index >= 15 is 0 Å². The summed E-state index contributed by atoms with van der Waals surface area (Å²) in [6.07, 6.45) is -0.620. The Morgan fingerprint density at radius 2 is 1.68 bits per heavy atom. The Morgan fingerprint density at radius 1 is 1.05 bits per heavy atom. The highest BCUT2D eigenvalue weighted by Crippen LogP contribution is 2.16. The fourth-order valence-corrected chi connectivity index (χ4v) is 2.08. The lowest BCUT2D eigenvalue weighted by molar-refractivity contribution is 0.0819. The Morgan fingerprint density at radius 3 is 2.37 bits per heavy atom. The first-order chi connectivity index (χ1) is 9.22. The molecule has 1 atom stereocenters. The molecule has 4 heteroatoms. The van der Waals surface area contributed by atoms with Crippen molar-refractivity contribution in [3.05, 3.63) is 60.2 Å². The third kappa shape index (κ3) is 3.27. The van der Waals surface area contributed by atoms with E-state index in [4.69, 9.17) is 4.74 Å². The molecule has 0 saturated heterocycles. The zero-order valence-electron chi connectivity index (χ0n) is 10.4. The molecule has 0 radical (unpaired) electrons. The zero-order valence-corrected chi connectivity index (χ0v) is 11.3. The Kier molecular flexibility index (Phi) is 4.43. The molecule has 0 aliphatic carbocycles. The van der Waals surface area contributed by atoms with Gasteiger partial charge in [0.15, 0.2) is 14.6 Å². The summed E-state index contributed by atoms with van der Waals surface area (Å²) in [6.45, 7) is 1.69. The zero-order chi connectivity index (χ0) is 13.7. The van der Waals surface area contributed by atoms with Gasteiger partial charge in [0.2, 0.25) is 5.78 Å². The Bertz CT molecular complexity index is 581. The summed E-state index contributed by atoms with van der Waals surface area (Å²) in [6, 6.07) is 15.9. The van der Waals surface area contributed by atoms with Gasteiger partial charge in [-0.1, -0.05) is 42.5 Å². The largest absolute Gasteiger partial charge is 0.481 e. The monoisotopic (exact) mass is 272 g/mol. The Labute approximate surface area is 113 Å². The van der Waals surface area contributed by atoms with E-state index < -0.39 is 6.10 Å². The minimum Gasteiger partial charge on any atom is -0.481 e. The summed E-state index contributed by atoms with van der Waals surface area (Å²) in [5.41, 5.74) is 0.604. The number of ketones is 1. The van der Waals surface area contributed by atoms with E-state index in [0.29, 0.717) is 16.6 Å². The second kappa shape index (κ2) is 6.26. The third-order valence-electron chi connectivity index (χ3n) is 2.69. The van der Waals surface area contributed by atoms with Crippen LogP contribution in [0.3, 0.4) is 0 Å². The van der Waals surface area contributed by atoms with Gasteiger partial charge in [0.1, 0.15) is 5.75 Å². The van der Waals surface area contributed by atoms with Gasteiger partial charge in [-0.25, -0.2) is 0 Å². The van der Waals surface area contributed by atoms with Crippen molar-refractivity contribution in [2.45, 2.75) is 13.0 Å². The molecule has 19 heavy (non-hydrogen) atoms.